The molecule has 6 heteroatoms. The lowest BCUT2D eigenvalue weighted by Gasteiger charge is -2.11. The number of aliphatic carboxylic acids is 2. The van der Waals surface area contributed by atoms with E-state index < -0.39 is 25.2 Å². The van der Waals surface area contributed by atoms with Crippen LogP contribution in [0.3, 0.4) is 0 Å². The summed E-state index contributed by atoms with van der Waals surface area (Å²) in [7, 11) is 0. The summed E-state index contributed by atoms with van der Waals surface area (Å²) in [5.41, 5.74) is 0. The van der Waals surface area contributed by atoms with E-state index in [-0.39, 0.29) is 0 Å². The van der Waals surface area contributed by atoms with Gasteiger partial charge < -0.3 is 19.7 Å². The van der Waals surface area contributed by atoms with Gasteiger partial charge in [0.2, 0.25) is 0 Å². The molecule has 0 aliphatic carbocycles. The second kappa shape index (κ2) is 5.92. The van der Waals surface area contributed by atoms with E-state index in [1.165, 1.54) is 0 Å². The lowest BCUT2D eigenvalue weighted by molar-refractivity contribution is -0.140. The van der Waals surface area contributed by atoms with Crippen molar-refractivity contribution in [3.63, 3.8) is 0 Å². The molecule has 0 atom stereocenters. The molecule has 0 aliphatic rings. The van der Waals surface area contributed by atoms with E-state index in [4.69, 9.17) is 19.7 Å². The molecule has 0 aliphatic heterocycles. The van der Waals surface area contributed by atoms with Gasteiger partial charge in [-0.3, -0.25) is 0 Å². The third-order valence-electron chi connectivity index (χ3n) is 2.55. The summed E-state index contributed by atoms with van der Waals surface area (Å²) in [6.45, 7) is -0.890. The average Bonchev–Trinajstić information content (AvgIpc) is 2.43. The number of fused-ring (bicyclic) bond motifs is 1. The van der Waals surface area contributed by atoms with Crippen molar-refractivity contribution in [2.75, 3.05) is 13.2 Å². The van der Waals surface area contributed by atoms with Gasteiger partial charge in [0.05, 0.1) is 0 Å². The molecule has 0 amide bonds. The molecule has 0 saturated carbocycles. The second-order valence-corrected chi connectivity index (χ2v) is 3.97. The summed E-state index contributed by atoms with van der Waals surface area (Å²) in [5.74, 6) is -1.32. The minimum absolute atomic E-state index is 0.408. The van der Waals surface area contributed by atoms with Crippen LogP contribution >= 0.6 is 0 Å². The number of hydrogen-bond acceptors (Lipinski definition) is 4. The van der Waals surface area contributed by atoms with Gasteiger partial charge in [0.1, 0.15) is 11.5 Å². The molecule has 0 unspecified atom stereocenters. The molecule has 2 rings (SSSR count). The summed E-state index contributed by atoms with van der Waals surface area (Å²) < 4.78 is 10.4. The van der Waals surface area contributed by atoms with Gasteiger partial charge in [-0.2, -0.15) is 0 Å². The third kappa shape index (κ3) is 3.17. The highest BCUT2D eigenvalue weighted by Gasteiger charge is 2.10. The number of benzene rings is 2. The fourth-order valence-corrected chi connectivity index (χ4v) is 1.77. The highest BCUT2D eigenvalue weighted by atomic mass is 16.5. The second-order valence-electron chi connectivity index (χ2n) is 3.97. The quantitative estimate of drug-likeness (QED) is 0.835. The molecule has 0 heterocycles. The van der Waals surface area contributed by atoms with Gasteiger partial charge in [-0.25, -0.2) is 9.59 Å². The zero-order valence-corrected chi connectivity index (χ0v) is 10.4. The van der Waals surface area contributed by atoms with Crippen LogP contribution in [0.5, 0.6) is 11.5 Å². The van der Waals surface area contributed by atoms with Crippen molar-refractivity contribution in [2.24, 2.45) is 0 Å². The normalized spacial score (nSPS) is 10.2. The minimum atomic E-state index is -1.07. The summed E-state index contributed by atoms with van der Waals surface area (Å²) in [6, 6.07) is 10.2. The van der Waals surface area contributed by atoms with Crippen LogP contribution in [0.4, 0.5) is 0 Å². The standard InChI is InChI=1S/C14H12O6/c15-13(16)7-19-11-5-6-12(20-8-14(17)18)10-4-2-1-3-9(10)11/h1-6H,7-8H2,(H,15,16)(H,17,18). The Morgan fingerprint density at radius 2 is 1.20 bits per heavy atom. The molecule has 104 valence electrons. The molecule has 0 bridgehead atoms. The van der Waals surface area contributed by atoms with E-state index in [0.29, 0.717) is 22.3 Å². The Hall–Kier alpha value is -2.76. The number of ether oxygens (including phenoxy) is 2. The number of hydrogen-bond donors (Lipinski definition) is 2. The van der Waals surface area contributed by atoms with E-state index in [2.05, 4.69) is 0 Å². The lowest BCUT2D eigenvalue weighted by atomic mass is 10.1. The Labute approximate surface area is 114 Å². The summed E-state index contributed by atoms with van der Waals surface area (Å²) in [5, 5.41) is 18.6. The van der Waals surface area contributed by atoms with Crippen LogP contribution in [-0.2, 0) is 9.59 Å². The van der Waals surface area contributed by atoms with Crippen molar-refractivity contribution in [1.29, 1.82) is 0 Å². The van der Waals surface area contributed by atoms with Crippen LogP contribution in [-0.4, -0.2) is 35.4 Å². The average molecular weight is 276 g/mol. The van der Waals surface area contributed by atoms with Crippen molar-refractivity contribution in [3.05, 3.63) is 36.4 Å². The number of rotatable bonds is 6. The molecule has 0 radical (unpaired) electrons. The monoisotopic (exact) mass is 276 g/mol. The maximum atomic E-state index is 10.5. The summed E-state index contributed by atoms with van der Waals surface area (Å²) >= 11 is 0. The number of carbonyl (C=O) groups is 2. The Kier molecular flexibility index (Phi) is 4.05. The van der Waals surface area contributed by atoms with Crippen LogP contribution in [0.2, 0.25) is 0 Å². The Morgan fingerprint density at radius 3 is 1.55 bits per heavy atom. The van der Waals surface area contributed by atoms with Crippen molar-refractivity contribution in [3.8, 4) is 11.5 Å². The molecule has 6 nitrogen and oxygen atoms in total. The molecule has 0 saturated heterocycles. The SMILES string of the molecule is O=C(O)COc1ccc(OCC(=O)O)c2ccccc12. The van der Waals surface area contributed by atoms with E-state index in [1.54, 1.807) is 36.4 Å². The van der Waals surface area contributed by atoms with E-state index in [9.17, 15) is 9.59 Å². The Morgan fingerprint density at radius 1 is 0.800 bits per heavy atom. The maximum absolute atomic E-state index is 10.5. The third-order valence-corrected chi connectivity index (χ3v) is 2.55. The molecule has 2 aromatic rings. The first-order valence-electron chi connectivity index (χ1n) is 5.79. The first-order chi connectivity index (χ1) is 9.58. The Balaban J connectivity index is 2.36. The molecule has 2 aromatic carbocycles. The summed E-state index contributed by atoms with van der Waals surface area (Å²) in [4.78, 5) is 21.1. The van der Waals surface area contributed by atoms with Gasteiger partial charge in [-0.1, -0.05) is 24.3 Å². The van der Waals surface area contributed by atoms with Crippen molar-refractivity contribution < 1.29 is 29.3 Å². The van der Waals surface area contributed by atoms with Gasteiger partial charge in [0.15, 0.2) is 13.2 Å². The van der Waals surface area contributed by atoms with Crippen LogP contribution < -0.4 is 9.47 Å². The van der Waals surface area contributed by atoms with Gasteiger partial charge in [0.25, 0.3) is 0 Å². The molecule has 0 spiro atoms. The first kappa shape index (κ1) is 13.7. The van der Waals surface area contributed by atoms with Crippen molar-refractivity contribution >= 4 is 22.7 Å². The molecular formula is C14H12O6. The van der Waals surface area contributed by atoms with Crippen molar-refractivity contribution in [2.45, 2.75) is 0 Å². The van der Waals surface area contributed by atoms with E-state index >= 15 is 0 Å². The zero-order chi connectivity index (χ0) is 14.5. The smallest absolute Gasteiger partial charge is 0.341 e. The predicted molar refractivity (Wildman–Crippen MR) is 70.2 cm³/mol. The fraction of sp³-hybridized carbons (Fsp3) is 0.143. The largest absolute Gasteiger partial charge is 0.481 e. The van der Waals surface area contributed by atoms with Gasteiger partial charge in [-0.05, 0) is 12.1 Å². The fourth-order valence-electron chi connectivity index (χ4n) is 1.77. The van der Waals surface area contributed by atoms with Crippen LogP contribution in [0.25, 0.3) is 10.8 Å². The van der Waals surface area contributed by atoms with Gasteiger partial charge >= 0.3 is 11.9 Å². The van der Waals surface area contributed by atoms with Crippen LogP contribution in [0, 0.1) is 0 Å². The van der Waals surface area contributed by atoms with Gasteiger partial charge in [0, 0.05) is 10.8 Å². The molecule has 2 N–H and O–H groups in total. The van der Waals surface area contributed by atoms with E-state index in [1.807, 2.05) is 0 Å². The maximum Gasteiger partial charge on any atom is 0.341 e. The lowest BCUT2D eigenvalue weighted by Crippen LogP contribution is -2.11. The number of carboxylic acids is 2. The zero-order valence-electron chi connectivity index (χ0n) is 10.4. The van der Waals surface area contributed by atoms with E-state index in [0.717, 1.165) is 0 Å². The molecular weight excluding hydrogens is 264 g/mol. The molecule has 0 aromatic heterocycles. The number of carboxylic acid groups (broad SMARTS) is 2. The van der Waals surface area contributed by atoms with Crippen LogP contribution in [0.15, 0.2) is 36.4 Å². The topological polar surface area (TPSA) is 93.1 Å². The predicted octanol–water partition coefficient (Wildman–Crippen LogP) is 1.77. The highest BCUT2D eigenvalue weighted by Crippen LogP contribution is 2.33. The minimum Gasteiger partial charge on any atom is -0.481 e. The summed E-state index contributed by atoms with van der Waals surface area (Å²) in [6.07, 6.45) is 0. The van der Waals surface area contributed by atoms with Gasteiger partial charge in [-0.15, -0.1) is 0 Å². The first-order valence-corrected chi connectivity index (χ1v) is 5.79. The van der Waals surface area contributed by atoms with Crippen molar-refractivity contribution in [1.82, 2.24) is 0 Å². The highest BCUT2D eigenvalue weighted by molar-refractivity contribution is 5.93. The molecule has 20 heavy (non-hydrogen) atoms. The molecule has 0 fully saturated rings. The Bertz CT molecular complexity index is 593. The van der Waals surface area contributed by atoms with Crippen LogP contribution in [0.1, 0.15) is 0 Å².